The van der Waals surface area contributed by atoms with E-state index in [0.29, 0.717) is 10.9 Å². The van der Waals surface area contributed by atoms with E-state index in [1.807, 2.05) is 24.3 Å². The molecule has 0 aromatic heterocycles. The number of halogens is 1. The molecule has 25 heavy (non-hydrogen) atoms. The Morgan fingerprint density at radius 1 is 1.20 bits per heavy atom. The van der Waals surface area contributed by atoms with Gasteiger partial charge in [0.25, 0.3) is 5.91 Å². The summed E-state index contributed by atoms with van der Waals surface area (Å²) >= 11 is 5.95. The van der Waals surface area contributed by atoms with Crippen LogP contribution in [0.25, 0.3) is 0 Å². The first-order valence-electron chi connectivity index (χ1n) is 7.82. The molecule has 1 amide bonds. The molecule has 5 heteroatoms. The molecule has 1 aliphatic heterocycles. The second-order valence-electron chi connectivity index (χ2n) is 5.92. The molecule has 1 aliphatic rings. The number of carbonyl (C=O) groups is 1. The van der Waals surface area contributed by atoms with E-state index in [1.165, 1.54) is 0 Å². The molecule has 2 aromatic carbocycles. The first-order valence-corrected chi connectivity index (χ1v) is 8.20. The maximum atomic E-state index is 12.6. The predicted molar refractivity (Wildman–Crippen MR) is 98.4 cm³/mol. The Morgan fingerprint density at radius 2 is 1.84 bits per heavy atom. The van der Waals surface area contributed by atoms with Crippen LogP contribution < -0.4 is 4.74 Å². The number of benzene rings is 2. The van der Waals surface area contributed by atoms with Crippen LogP contribution >= 0.6 is 11.6 Å². The molecule has 3 rings (SSSR count). The topological polar surface area (TPSA) is 47.9 Å². The summed E-state index contributed by atoms with van der Waals surface area (Å²) in [5.74, 6) is 0.340. The van der Waals surface area contributed by atoms with Crippen molar-refractivity contribution >= 4 is 23.4 Å². The minimum Gasteiger partial charge on any atom is -0.497 e. The van der Waals surface area contributed by atoms with E-state index >= 15 is 0 Å². The quantitative estimate of drug-likeness (QED) is 0.748. The fourth-order valence-electron chi connectivity index (χ4n) is 2.87. The standard InChI is InChI=1S/C20H18ClNO3/c1-4-17(13-5-9-15(21)10-6-13)20(2)19(23)22-18(25-20)14-7-11-16(24-3)12-8-14/h4-12,17H,1H2,2-3H3. The van der Waals surface area contributed by atoms with Gasteiger partial charge in [0.1, 0.15) is 5.75 Å². The predicted octanol–water partition coefficient (Wildman–Crippen LogP) is 4.38. The Bertz CT molecular complexity index is 827. The van der Waals surface area contributed by atoms with Crippen molar-refractivity contribution in [3.05, 3.63) is 77.3 Å². The molecule has 2 aromatic rings. The lowest BCUT2D eigenvalue weighted by Crippen LogP contribution is -2.39. The summed E-state index contributed by atoms with van der Waals surface area (Å²) in [6, 6.07) is 14.5. The molecule has 0 saturated heterocycles. The van der Waals surface area contributed by atoms with Crippen molar-refractivity contribution in [2.45, 2.75) is 18.4 Å². The van der Waals surface area contributed by atoms with Gasteiger partial charge in [0.05, 0.1) is 13.0 Å². The van der Waals surface area contributed by atoms with Crippen LogP contribution in [0, 0.1) is 0 Å². The van der Waals surface area contributed by atoms with Crippen LogP contribution in [0.15, 0.2) is 66.2 Å². The van der Waals surface area contributed by atoms with E-state index in [9.17, 15) is 4.79 Å². The van der Waals surface area contributed by atoms with Crippen molar-refractivity contribution in [3.63, 3.8) is 0 Å². The summed E-state index contributed by atoms with van der Waals surface area (Å²) in [6.45, 7) is 5.60. The van der Waals surface area contributed by atoms with E-state index < -0.39 is 5.60 Å². The maximum Gasteiger partial charge on any atom is 0.293 e. The second-order valence-corrected chi connectivity index (χ2v) is 6.36. The molecule has 4 nitrogen and oxygen atoms in total. The van der Waals surface area contributed by atoms with Crippen LogP contribution in [0.2, 0.25) is 5.02 Å². The normalized spacial score (nSPS) is 20.6. The van der Waals surface area contributed by atoms with E-state index in [0.717, 1.165) is 16.9 Å². The number of nitrogens with zero attached hydrogens (tertiary/aromatic N) is 1. The Balaban J connectivity index is 1.90. The zero-order valence-electron chi connectivity index (χ0n) is 14.0. The number of aliphatic imine (C=N–C) groups is 1. The first kappa shape index (κ1) is 17.2. The Hall–Kier alpha value is -2.59. The van der Waals surface area contributed by atoms with Crippen LogP contribution in [-0.4, -0.2) is 24.5 Å². The number of amides is 1. The van der Waals surface area contributed by atoms with Crippen molar-refractivity contribution < 1.29 is 14.3 Å². The third kappa shape index (κ3) is 3.17. The lowest BCUT2D eigenvalue weighted by atomic mass is 9.83. The van der Waals surface area contributed by atoms with Crippen LogP contribution in [0.3, 0.4) is 0 Å². The highest BCUT2D eigenvalue weighted by molar-refractivity contribution is 6.30. The van der Waals surface area contributed by atoms with Crippen LogP contribution in [-0.2, 0) is 9.53 Å². The van der Waals surface area contributed by atoms with Gasteiger partial charge in [0.2, 0.25) is 5.90 Å². The summed E-state index contributed by atoms with van der Waals surface area (Å²) in [6.07, 6.45) is 1.70. The van der Waals surface area contributed by atoms with Crippen molar-refractivity contribution in [3.8, 4) is 5.75 Å². The van der Waals surface area contributed by atoms with Gasteiger partial charge in [-0.2, -0.15) is 4.99 Å². The first-order chi connectivity index (χ1) is 12.0. The summed E-state index contributed by atoms with van der Waals surface area (Å²) in [7, 11) is 1.60. The van der Waals surface area contributed by atoms with Gasteiger partial charge >= 0.3 is 0 Å². The van der Waals surface area contributed by atoms with Crippen LogP contribution in [0.5, 0.6) is 5.75 Å². The van der Waals surface area contributed by atoms with Gasteiger partial charge in [-0.15, -0.1) is 6.58 Å². The molecule has 2 unspecified atom stereocenters. The SMILES string of the molecule is C=CC(c1ccc(Cl)cc1)C1(C)OC(c2ccc(OC)cc2)=NC1=O. The highest BCUT2D eigenvalue weighted by Crippen LogP contribution is 2.38. The van der Waals surface area contributed by atoms with Gasteiger partial charge in [-0.3, -0.25) is 4.79 Å². The monoisotopic (exact) mass is 355 g/mol. The van der Waals surface area contributed by atoms with Crippen LogP contribution in [0.1, 0.15) is 24.0 Å². The Morgan fingerprint density at radius 3 is 2.40 bits per heavy atom. The molecule has 0 aliphatic carbocycles. The van der Waals surface area contributed by atoms with Crippen molar-refractivity contribution in [1.29, 1.82) is 0 Å². The number of methoxy groups -OCH3 is 1. The van der Waals surface area contributed by atoms with Crippen molar-refractivity contribution in [1.82, 2.24) is 0 Å². The van der Waals surface area contributed by atoms with Gasteiger partial charge in [-0.05, 0) is 48.9 Å². The third-order valence-corrected chi connectivity index (χ3v) is 4.58. The third-order valence-electron chi connectivity index (χ3n) is 4.33. The number of hydrogen-bond acceptors (Lipinski definition) is 3. The molecule has 128 valence electrons. The number of carbonyl (C=O) groups excluding carboxylic acids is 1. The van der Waals surface area contributed by atoms with Gasteiger partial charge in [-0.1, -0.05) is 29.8 Å². The molecular weight excluding hydrogens is 338 g/mol. The molecule has 0 saturated carbocycles. The molecule has 0 fully saturated rings. The average molecular weight is 356 g/mol. The number of hydrogen-bond donors (Lipinski definition) is 0. The molecule has 1 heterocycles. The number of ether oxygens (including phenoxy) is 2. The van der Waals surface area contributed by atoms with Crippen molar-refractivity contribution in [2.24, 2.45) is 4.99 Å². The number of rotatable bonds is 5. The lowest BCUT2D eigenvalue weighted by Gasteiger charge is -2.29. The van der Waals surface area contributed by atoms with E-state index in [2.05, 4.69) is 11.6 Å². The highest BCUT2D eigenvalue weighted by atomic mass is 35.5. The largest absolute Gasteiger partial charge is 0.497 e. The second kappa shape index (κ2) is 6.73. The zero-order chi connectivity index (χ0) is 18.0. The van der Waals surface area contributed by atoms with Gasteiger partial charge in [0.15, 0.2) is 5.60 Å². The zero-order valence-corrected chi connectivity index (χ0v) is 14.8. The molecular formula is C20H18ClNO3. The summed E-state index contributed by atoms with van der Waals surface area (Å²) < 4.78 is 11.2. The smallest absolute Gasteiger partial charge is 0.293 e. The van der Waals surface area contributed by atoms with Crippen molar-refractivity contribution in [2.75, 3.05) is 7.11 Å². The summed E-state index contributed by atoms with van der Waals surface area (Å²) in [4.78, 5) is 16.8. The lowest BCUT2D eigenvalue weighted by molar-refractivity contribution is -0.130. The maximum absolute atomic E-state index is 12.6. The molecule has 0 N–H and O–H groups in total. The minimum atomic E-state index is -1.15. The summed E-state index contributed by atoms with van der Waals surface area (Å²) in [5.41, 5.74) is 0.461. The molecule has 2 atom stereocenters. The average Bonchev–Trinajstić information content (AvgIpc) is 2.93. The van der Waals surface area contributed by atoms with Crippen LogP contribution in [0.4, 0.5) is 0 Å². The molecule has 0 spiro atoms. The van der Waals surface area contributed by atoms with E-state index in [-0.39, 0.29) is 11.8 Å². The van der Waals surface area contributed by atoms with E-state index in [1.54, 1.807) is 44.4 Å². The van der Waals surface area contributed by atoms with E-state index in [4.69, 9.17) is 21.1 Å². The minimum absolute atomic E-state index is 0.302. The highest BCUT2D eigenvalue weighted by Gasteiger charge is 2.48. The fourth-order valence-corrected chi connectivity index (χ4v) is 3.00. The Kier molecular flexibility index (Phi) is 4.64. The van der Waals surface area contributed by atoms with Gasteiger partial charge in [0, 0.05) is 10.6 Å². The molecule has 0 radical (unpaired) electrons. The van der Waals surface area contributed by atoms with Gasteiger partial charge in [-0.25, -0.2) is 0 Å². The summed E-state index contributed by atoms with van der Waals surface area (Å²) in [5, 5.41) is 0.630. The van der Waals surface area contributed by atoms with Gasteiger partial charge < -0.3 is 9.47 Å². The molecule has 0 bridgehead atoms. The fraction of sp³-hybridized carbons (Fsp3) is 0.200. The Labute approximate surface area is 151 Å².